The van der Waals surface area contributed by atoms with E-state index in [1.807, 2.05) is 12.3 Å². The molecular weight excluding hydrogens is 272 g/mol. The van der Waals surface area contributed by atoms with Crippen LogP contribution in [-0.4, -0.2) is 15.9 Å². The van der Waals surface area contributed by atoms with Gasteiger partial charge in [0.05, 0.1) is 6.54 Å². The van der Waals surface area contributed by atoms with Crippen molar-refractivity contribution in [1.82, 2.24) is 15.3 Å². The largest absolute Gasteiger partial charge is 0.384 e. The standard InChI is InChI=1S/C14H18N4OS/c1-3-4-11-5-10(6-12(15)18-11)14(19)16-7-13-17-9(2)8-20-13/h5-6,8H,3-4,7H2,1-2H3,(H2,15,18)(H,16,19). The molecule has 6 heteroatoms. The summed E-state index contributed by atoms with van der Waals surface area (Å²) in [7, 11) is 0. The highest BCUT2D eigenvalue weighted by Gasteiger charge is 2.09. The van der Waals surface area contributed by atoms with Crippen molar-refractivity contribution in [2.75, 3.05) is 5.73 Å². The van der Waals surface area contributed by atoms with Gasteiger partial charge in [-0.2, -0.15) is 0 Å². The zero-order valence-electron chi connectivity index (χ0n) is 11.6. The molecule has 5 nitrogen and oxygen atoms in total. The van der Waals surface area contributed by atoms with E-state index < -0.39 is 0 Å². The highest BCUT2D eigenvalue weighted by Crippen LogP contribution is 2.11. The summed E-state index contributed by atoms with van der Waals surface area (Å²) in [6.45, 7) is 4.43. The van der Waals surface area contributed by atoms with Gasteiger partial charge in [-0.15, -0.1) is 11.3 Å². The Morgan fingerprint density at radius 2 is 2.20 bits per heavy atom. The molecule has 0 aliphatic heterocycles. The van der Waals surface area contributed by atoms with Crippen molar-refractivity contribution in [1.29, 1.82) is 0 Å². The van der Waals surface area contributed by atoms with Crippen molar-refractivity contribution in [3.8, 4) is 0 Å². The average molecular weight is 290 g/mol. The van der Waals surface area contributed by atoms with Gasteiger partial charge in [0.15, 0.2) is 0 Å². The van der Waals surface area contributed by atoms with Crippen LogP contribution in [0.5, 0.6) is 0 Å². The molecule has 2 aromatic rings. The Balaban J connectivity index is 2.04. The number of nitrogens with one attached hydrogen (secondary N) is 1. The number of aryl methyl sites for hydroxylation is 2. The maximum atomic E-state index is 12.1. The molecule has 0 aromatic carbocycles. The molecule has 1 amide bonds. The van der Waals surface area contributed by atoms with Crippen LogP contribution in [-0.2, 0) is 13.0 Å². The highest BCUT2D eigenvalue weighted by molar-refractivity contribution is 7.09. The predicted molar refractivity (Wildman–Crippen MR) is 80.7 cm³/mol. The number of pyridine rings is 1. The number of nitrogens with zero attached hydrogens (tertiary/aromatic N) is 2. The van der Waals surface area contributed by atoms with Crippen LogP contribution in [0.25, 0.3) is 0 Å². The van der Waals surface area contributed by atoms with Gasteiger partial charge >= 0.3 is 0 Å². The van der Waals surface area contributed by atoms with Crippen molar-refractivity contribution < 1.29 is 4.79 Å². The number of amides is 1. The number of anilines is 1. The fourth-order valence-electron chi connectivity index (χ4n) is 1.87. The first kappa shape index (κ1) is 14.5. The summed E-state index contributed by atoms with van der Waals surface area (Å²) in [5.41, 5.74) is 8.11. The summed E-state index contributed by atoms with van der Waals surface area (Å²) in [4.78, 5) is 20.6. The Hall–Kier alpha value is -1.95. The molecule has 0 radical (unpaired) electrons. The number of carbonyl (C=O) groups is 1. The molecule has 2 rings (SSSR count). The number of thiazole rings is 1. The Labute approximate surface area is 122 Å². The van der Waals surface area contributed by atoms with Crippen LogP contribution in [0.4, 0.5) is 5.82 Å². The van der Waals surface area contributed by atoms with Crippen molar-refractivity contribution in [3.63, 3.8) is 0 Å². The minimum Gasteiger partial charge on any atom is -0.384 e. The molecule has 0 spiro atoms. The molecule has 0 saturated heterocycles. The molecule has 0 saturated carbocycles. The molecule has 0 fully saturated rings. The first-order valence-electron chi connectivity index (χ1n) is 6.54. The van der Waals surface area contributed by atoms with Crippen molar-refractivity contribution in [2.45, 2.75) is 33.2 Å². The first-order chi connectivity index (χ1) is 9.58. The van der Waals surface area contributed by atoms with Gasteiger partial charge in [0.25, 0.3) is 5.91 Å². The van der Waals surface area contributed by atoms with E-state index in [0.29, 0.717) is 17.9 Å². The van der Waals surface area contributed by atoms with Gasteiger partial charge < -0.3 is 11.1 Å². The summed E-state index contributed by atoms with van der Waals surface area (Å²) >= 11 is 1.54. The van der Waals surface area contributed by atoms with Gasteiger partial charge in [0.1, 0.15) is 10.8 Å². The molecule has 0 aliphatic carbocycles. The lowest BCUT2D eigenvalue weighted by molar-refractivity contribution is 0.0950. The molecule has 2 heterocycles. The van der Waals surface area contributed by atoms with E-state index in [4.69, 9.17) is 5.73 Å². The summed E-state index contributed by atoms with van der Waals surface area (Å²) in [5.74, 6) is 0.232. The molecule has 20 heavy (non-hydrogen) atoms. The summed E-state index contributed by atoms with van der Waals surface area (Å²) < 4.78 is 0. The van der Waals surface area contributed by atoms with Gasteiger partial charge in [0.2, 0.25) is 0 Å². The van der Waals surface area contributed by atoms with Gasteiger partial charge in [-0.3, -0.25) is 4.79 Å². The normalized spacial score (nSPS) is 10.5. The average Bonchev–Trinajstić information content (AvgIpc) is 2.81. The van der Waals surface area contributed by atoms with Crippen molar-refractivity contribution >= 4 is 23.1 Å². The van der Waals surface area contributed by atoms with E-state index in [-0.39, 0.29) is 5.91 Å². The van der Waals surface area contributed by atoms with Crippen molar-refractivity contribution in [3.05, 3.63) is 39.5 Å². The SMILES string of the molecule is CCCc1cc(C(=O)NCc2nc(C)cs2)cc(N)n1. The van der Waals surface area contributed by atoms with Gasteiger partial charge in [-0.05, 0) is 25.5 Å². The zero-order valence-corrected chi connectivity index (χ0v) is 12.5. The van der Waals surface area contributed by atoms with Crippen LogP contribution in [0.15, 0.2) is 17.5 Å². The molecule has 0 bridgehead atoms. The van der Waals surface area contributed by atoms with Crippen molar-refractivity contribution in [2.24, 2.45) is 0 Å². The molecule has 106 valence electrons. The Kier molecular flexibility index (Phi) is 4.68. The number of rotatable bonds is 5. The van der Waals surface area contributed by atoms with E-state index in [0.717, 1.165) is 29.2 Å². The van der Waals surface area contributed by atoms with Crippen LogP contribution in [0, 0.1) is 6.92 Å². The number of nitrogens with two attached hydrogens (primary N) is 1. The zero-order chi connectivity index (χ0) is 14.5. The lowest BCUT2D eigenvalue weighted by atomic mass is 10.1. The first-order valence-corrected chi connectivity index (χ1v) is 7.42. The Morgan fingerprint density at radius 1 is 1.40 bits per heavy atom. The van der Waals surface area contributed by atoms with Gasteiger partial charge in [0, 0.05) is 22.3 Å². The molecule has 0 atom stereocenters. The highest BCUT2D eigenvalue weighted by atomic mass is 32.1. The Bertz CT molecular complexity index is 609. The minimum absolute atomic E-state index is 0.149. The van der Waals surface area contributed by atoms with E-state index >= 15 is 0 Å². The van der Waals surface area contributed by atoms with Crippen LogP contribution < -0.4 is 11.1 Å². The lowest BCUT2D eigenvalue weighted by Gasteiger charge is -2.06. The molecule has 0 unspecified atom stereocenters. The summed E-state index contributed by atoms with van der Waals surface area (Å²) in [6.07, 6.45) is 1.78. The summed E-state index contributed by atoms with van der Waals surface area (Å²) in [6, 6.07) is 3.39. The van der Waals surface area contributed by atoms with E-state index in [2.05, 4.69) is 22.2 Å². The maximum Gasteiger partial charge on any atom is 0.251 e. The monoisotopic (exact) mass is 290 g/mol. The second kappa shape index (κ2) is 6.47. The Morgan fingerprint density at radius 3 is 2.85 bits per heavy atom. The molecule has 3 N–H and O–H groups in total. The maximum absolute atomic E-state index is 12.1. The third-order valence-electron chi connectivity index (χ3n) is 2.73. The minimum atomic E-state index is -0.149. The number of hydrogen-bond donors (Lipinski definition) is 2. The molecule has 0 aliphatic rings. The topological polar surface area (TPSA) is 80.9 Å². The number of nitrogen functional groups attached to an aromatic ring is 1. The smallest absolute Gasteiger partial charge is 0.251 e. The quantitative estimate of drug-likeness (QED) is 0.885. The van der Waals surface area contributed by atoms with E-state index in [1.165, 1.54) is 11.3 Å². The predicted octanol–water partition coefficient (Wildman–Crippen LogP) is 2.31. The van der Waals surface area contributed by atoms with E-state index in [9.17, 15) is 4.79 Å². The van der Waals surface area contributed by atoms with Crippen LogP contribution in [0.1, 0.15) is 40.1 Å². The fourth-order valence-corrected chi connectivity index (χ4v) is 2.58. The number of carbonyl (C=O) groups excluding carboxylic acids is 1. The lowest BCUT2D eigenvalue weighted by Crippen LogP contribution is -2.23. The van der Waals surface area contributed by atoms with Crippen LogP contribution in [0.2, 0.25) is 0 Å². The van der Waals surface area contributed by atoms with Crippen LogP contribution in [0.3, 0.4) is 0 Å². The number of aromatic nitrogens is 2. The third-order valence-corrected chi connectivity index (χ3v) is 3.70. The molecular formula is C14H18N4OS. The molecule has 2 aromatic heterocycles. The number of hydrogen-bond acceptors (Lipinski definition) is 5. The fraction of sp³-hybridized carbons (Fsp3) is 0.357. The third kappa shape index (κ3) is 3.77. The van der Waals surface area contributed by atoms with Gasteiger partial charge in [-0.1, -0.05) is 13.3 Å². The van der Waals surface area contributed by atoms with E-state index in [1.54, 1.807) is 12.1 Å². The van der Waals surface area contributed by atoms with Crippen LogP contribution >= 0.6 is 11.3 Å². The summed E-state index contributed by atoms with van der Waals surface area (Å²) in [5, 5.41) is 5.71. The second-order valence-corrected chi connectivity index (χ2v) is 5.53. The van der Waals surface area contributed by atoms with Gasteiger partial charge in [-0.25, -0.2) is 9.97 Å². The second-order valence-electron chi connectivity index (χ2n) is 4.59.